The van der Waals surface area contributed by atoms with Gasteiger partial charge < -0.3 is 15.0 Å². The van der Waals surface area contributed by atoms with E-state index in [1.807, 2.05) is 43.5 Å². The molecule has 1 aliphatic heterocycles. The van der Waals surface area contributed by atoms with Gasteiger partial charge in [0.1, 0.15) is 10.8 Å². The molecular formula is C26H30Cl3N5O2. The Morgan fingerprint density at radius 2 is 1.92 bits per heavy atom. The number of alkyl carbamates (subject to hydrolysis) is 1. The Kier molecular flexibility index (Phi) is 6.77. The van der Waals surface area contributed by atoms with Crippen molar-refractivity contribution >= 4 is 52.5 Å². The molecule has 10 heteroatoms. The number of nitrogens with zero attached hydrogens (tertiary/aromatic N) is 4. The van der Waals surface area contributed by atoms with Crippen molar-refractivity contribution in [2.45, 2.75) is 64.5 Å². The number of amides is 1. The summed E-state index contributed by atoms with van der Waals surface area (Å²) in [6.45, 7) is 7.27. The summed E-state index contributed by atoms with van der Waals surface area (Å²) in [7, 11) is 0. The minimum atomic E-state index is -0.512. The van der Waals surface area contributed by atoms with Gasteiger partial charge in [0.25, 0.3) is 0 Å². The van der Waals surface area contributed by atoms with Gasteiger partial charge in [-0.3, -0.25) is 4.40 Å². The van der Waals surface area contributed by atoms with Crippen molar-refractivity contribution in [2.24, 2.45) is 5.41 Å². The maximum atomic E-state index is 12.5. The smallest absolute Gasteiger partial charge is 0.407 e. The molecule has 1 saturated carbocycles. The third kappa shape index (κ3) is 4.73. The van der Waals surface area contributed by atoms with E-state index < -0.39 is 5.60 Å². The maximum absolute atomic E-state index is 12.5. The molecule has 1 atom stereocenters. The largest absolute Gasteiger partial charge is 0.444 e. The van der Waals surface area contributed by atoms with Crippen molar-refractivity contribution < 1.29 is 9.53 Å². The number of benzene rings is 1. The predicted octanol–water partition coefficient (Wildman–Crippen LogP) is 7.02. The van der Waals surface area contributed by atoms with Crippen LogP contribution in [0.5, 0.6) is 0 Å². The average Bonchev–Trinajstić information content (AvgIpc) is 3.43. The van der Waals surface area contributed by atoms with Crippen LogP contribution in [-0.2, 0) is 4.74 Å². The normalized spacial score (nSPS) is 19.7. The van der Waals surface area contributed by atoms with E-state index in [2.05, 4.69) is 15.2 Å². The molecule has 1 spiro atoms. The fourth-order valence-corrected chi connectivity index (χ4v) is 6.31. The van der Waals surface area contributed by atoms with E-state index in [1.54, 1.807) is 12.3 Å². The fraction of sp³-hybridized carbons (Fsp3) is 0.500. The zero-order chi connectivity index (χ0) is 25.7. The van der Waals surface area contributed by atoms with E-state index in [0.717, 1.165) is 51.1 Å². The number of anilines is 1. The van der Waals surface area contributed by atoms with Crippen LogP contribution in [-0.4, -0.2) is 45.2 Å². The van der Waals surface area contributed by atoms with Gasteiger partial charge in [-0.25, -0.2) is 14.8 Å². The first kappa shape index (κ1) is 25.4. The number of halogens is 3. The van der Waals surface area contributed by atoms with Gasteiger partial charge >= 0.3 is 6.09 Å². The summed E-state index contributed by atoms with van der Waals surface area (Å²) in [5.74, 6) is 0.749. The number of hydrogen-bond donors (Lipinski definition) is 1. The third-order valence-electron chi connectivity index (χ3n) is 7.34. The molecule has 2 fully saturated rings. The number of rotatable bonds is 3. The van der Waals surface area contributed by atoms with Gasteiger partial charge in [-0.15, -0.1) is 0 Å². The Bertz CT molecular complexity index is 1290. The Morgan fingerprint density at radius 1 is 1.17 bits per heavy atom. The second-order valence-corrected chi connectivity index (χ2v) is 11.9. The number of fused-ring (bicyclic) bond motifs is 1. The summed E-state index contributed by atoms with van der Waals surface area (Å²) in [6.07, 6.45) is 8.37. The van der Waals surface area contributed by atoms with Gasteiger partial charge in [0.15, 0.2) is 5.65 Å². The van der Waals surface area contributed by atoms with Crippen LogP contribution in [0, 0.1) is 5.41 Å². The minimum absolute atomic E-state index is 0.0690. The summed E-state index contributed by atoms with van der Waals surface area (Å²) in [5, 5.41) is 4.37. The average molecular weight is 551 g/mol. The number of carbonyl (C=O) groups is 1. The molecule has 7 nitrogen and oxygen atoms in total. The third-order valence-corrected chi connectivity index (χ3v) is 8.44. The lowest BCUT2D eigenvalue weighted by atomic mass is 9.74. The zero-order valence-electron chi connectivity index (χ0n) is 20.7. The van der Waals surface area contributed by atoms with Gasteiger partial charge in [0, 0.05) is 37.1 Å². The van der Waals surface area contributed by atoms with E-state index in [-0.39, 0.29) is 17.6 Å². The Labute approximate surface area is 226 Å². The lowest BCUT2D eigenvalue weighted by molar-refractivity contribution is 0.0442. The van der Waals surface area contributed by atoms with Crippen molar-refractivity contribution in [2.75, 3.05) is 18.0 Å². The molecule has 3 heterocycles. The molecule has 2 aliphatic rings. The molecule has 2 aromatic heterocycles. The molecule has 1 aliphatic carbocycles. The lowest BCUT2D eigenvalue weighted by Gasteiger charge is -2.43. The van der Waals surface area contributed by atoms with Crippen LogP contribution in [0.2, 0.25) is 15.2 Å². The van der Waals surface area contributed by atoms with Crippen molar-refractivity contribution in [3.8, 4) is 11.1 Å². The van der Waals surface area contributed by atoms with Gasteiger partial charge in [0.2, 0.25) is 5.95 Å². The molecule has 1 saturated heterocycles. The lowest BCUT2D eigenvalue weighted by Crippen LogP contribution is -2.51. The first-order chi connectivity index (χ1) is 17.1. The monoisotopic (exact) mass is 549 g/mol. The highest BCUT2D eigenvalue weighted by molar-refractivity contribution is 6.44. The van der Waals surface area contributed by atoms with E-state index in [1.165, 1.54) is 0 Å². The molecule has 0 radical (unpaired) electrons. The second-order valence-electron chi connectivity index (χ2n) is 10.7. The fourth-order valence-electron chi connectivity index (χ4n) is 5.66. The van der Waals surface area contributed by atoms with Crippen LogP contribution in [0.3, 0.4) is 0 Å². The molecule has 1 aromatic carbocycles. The van der Waals surface area contributed by atoms with Crippen LogP contribution in [0.1, 0.15) is 52.9 Å². The minimum Gasteiger partial charge on any atom is -0.444 e. The molecule has 1 amide bonds. The summed E-state index contributed by atoms with van der Waals surface area (Å²) < 4.78 is 7.49. The highest BCUT2D eigenvalue weighted by Crippen LogP contribution is 2.47. The summed E-state index contributed by atoms with van der Waals surface area (Å²) >= 11 is 19.5. The quantitative estimate of drug-likeness (QED) is 0.355. The molecule has 36 heavy (non-hydrogen) atoms. The predicted molar refractivity (Wildman–Crippen MR) is 144 cm³/mol. The summed E-state index contributed by atoms with van der Waals surface area (Å²) in [4.78, 5) is 24.1. The number of piperidine rings is 1. The van der Waals surface area contributed by atoms with Crippen LogP contribution < -0.4 is 10.2 Å². The molecule has 192 valence electrons. The van der Waals surface area contributed by atoms with Crippen molar-refractivity contribution in [1.29, 1.82) is 0 Å². The molecule has 0 unspecified atom stereocenters. The second kappa shape index (κ2) is 9.58. The first-order valence-electron chi connectivity index (χ1n) is 12.3. The van der Waals surface area contributed by atoms with Crippen molar-refractivity contribution in [3.05, 3.63) is 45.8 Å². The Morgan fingerprint density at radius 3 is 2.64 bits per heavy atom. The van der Waals surface area contributed by atoms with Crippen LogP contribution >= 0.6 is 34.8 Å². The highest BCUT2D eigenvalue weighted by Gasteiger charge is 2.46. The van der Waals surface area contributed by atoms with Gasteiger partial charge in [-0.2, -0.15) is 0 Å². The van der Waals surface area contributed by atoms with E-state index in [0.29, 0.717) is 32.0 Å². The number of hydrogen-bond acceptors (Lipinski definition) is 5. The number of carbonyl (C=O) groups excluding carboxylic acids is 1. The highest BCUT2D eigenvalue weighted by atomic mass is 35.5. The van der Waals surface area contributed by atoms with E-state index >= 15 is 0 Å². The van der Waals surface area contributed by atoms with Crippen molar-refractivity contribution in [3.63, 3.8) is 0 Å². The standard InChI is InChI=1S/C26H30Cl3N5O2/c1-25(2,3)36-24(35)31-18-8-5-9-26(18)10-13-33(14-11-26)23-32-21(29)19(22-30-12-15-34(22)23)16-6-4-7-17(27)20(16)28/h4,6-7,12,15,18H,5,8-11,13-14H2,1-3H3,(H,31,35)/t18-/m1/s1. The topological polar surface area (TPSA) is 71.8 Å². The molecular weight excluding hydrogens is 521 g/mol. The molecule has 0 bridgehead atoms. The Balaban J connectivity index is 1.39. The molecule has 1 N–H and O–H groups in total. The Hall–Kier alpha value is -2.22. The van der Waals surface area contributed by atoms with Crippen LogP contribution in [0.25, 0.3) is 16.8 Å². The van der Waals surface area contributed by atoms with Crippen molar-refractivity contribution in [1.82, 2.24) is 19.7 Å². The van der Waals surface area contributed by atoms with Gasteiger partial charge in [-0.05, 0) is 57.9 Å². The van der Waals surface area contributed by atoms with Gasteiger partial charge in [-0.1, -0.05) is 53.4 Å². The van der Waals surface area contributed by atoms with E-state index in [4.69, 9.17) is 44.5 Å². The SMILES string of the molecule is CC(C)(C)OC(=O)N[C@@H]1CCCC12CCN(c1nc(Cl)c(-c3cccc(Cl)c3Cl)c3nccn13)CC2. The van der Waals surface area contributed by atoms with E-state index in [9.17, 15) is 4.79 Å². The first-order valence-corrected chi connectivity index (χ1v) is 13.4. The summed E-state index contributed by atoms with van der Waals surface area (Å²) in [5.41, 5.74) is 1.59. The number of aromatic nitrogens is 3. The number of imidazole rings is 1. The van der Waals surface area contributed by atoms with Crippen LogP contribution in [0.4, 0.5) is 10.7 Å². The molecule has 3 aromatic rings. The van der Waals surface area contributed by atoms with Gasteiger partial charge in [0.05, 0.1) is 15.6 Å². The number of ether oxygens (including phenoxy) is 1. The maximum Gasteiger partial charge on any atom is 0.407 e. The zero-order valence-corrected chi connectivity index (χ0v) is 22.9. The van der Waals surface area contributed by atoms with Crippen LogP contribution in [0.15, 0.2) is 30.6 Å². The molecule has 5 rings (SSSR count). The number of nitrogens with one attached hydrogen (secondary N) is 1. The summed E-state index contributed by atoms with van der Waals surface area (Å²) in [6, 6.07) is 5.56.